The molecule has 0 spiro atoms. The number of nitrogens with zero attached hydrogens (tertiary/aromatic N) is 1. The molecule has 1 rings (SSSR count). The number of aliphatic hydroxyl groups excluding tert-OH is 1. The minimum Gasteiger partial charge on any atom is -0.495 e. The average Bonchev–Trinajstić information content (AvgIpc) is 2.05. The van der Waals surface area contributed by atoms with Crippen LogP contribution in [0.3, 0.4) is 0 Å². The van der Waals surface area contributed by atoms with Crippen LogP contribution in [0.1, 0.15) is 5.56 Å². The predicted molar refractivity (Wildman–Crippen MR) is 38.4 cm³/mol. The van der Waals surface area contributed by atoms with Crippen LogP contribution in [0.15, 0.2) is 12.3 Å². The number of ether oxygens (including phenoxy) is 1. The third kappa shape index (κ3) is 1.59. The smallest absolute Gasteiger partial charge is 0.216 e. The Morgan fingerprint density at radius 3 is 2.91 bits per heavy atom. The zero-order valence-corrected chi connectivity index (χ0v) is 6.11. The van der Waals surface area contributed by atoms with Crippen molar-refractivity contribution < 1.29 is 14.9 Å². The maximum absolute atomic E-state index is 9.00. The van der Waals surface area contributed by atoms with Gasteiger partial charge >= 0.3 is 0 Å². The van der Waals surface area contributed by atoms with Crippen molar-refractivity contribution in [2.24, 2.45) is 0 Å². The van der Waals surface area contributed by atoms with Gasteiger partial charge in [-0.1, -0.05) is 0 Å². The van der Waals surface area contributed by atoms with Crippen LogP contribution in [0.4, 0.5) is 0 Å². The second kappa shape index (κ2) is 3.21. The quantitative estimate of drug-likeness (QED) is 0.644. The second-order valence-corrected chi connectivity index (χ2v) is 2.02. The first kappa shape index (κ1) is 7.81. The molecule has 1 aromatic rings. The van der Waals surface area contributed by atoms with Crippen LogP contribution in [0.25, 0.3) is 0 Å². The fourth-order valence-electron chi connectivity index (χ4n) is 0.709. The molecule has 60 valence electrons. The minimum absolute atomic E-state index is 0.159. The summed E-state index contributed by atoms with van der Waals surface area (Å²) in [5.74, 6) is 0.361. The van der Waals surface area contributed by atoms with Crippen LogP contribution >= 0.6 is 0 Å². The van der Waals surface area contributed by atoms with E-state index in [0.717, 1.165) is 0 Å². The Labute approximate surface area is 64.1 Å². The Balaban J connectivity index is 3.02. The lowest BCUT2D eigenvalue weighted by Gasteiger charge is -2.02. The van der Waals surface area contributed by atoms with E-state index in [-0.39, 0.29) is 12.5 Å². The SMILES string of the molecule is COc1cnc(O)c(CO)c1. The number of aromatic hydroxyl groups is 1. The van der Waals surface area contributed by atoms with E-state index in [2.05, 4.69) is 4.98 Å². The van der Waals surface area contributed by atoms with E-state index in [4.69, 9.17) is 14.9 Å². The first-order valence-electron chi connectivity index (χ1n) is 3.10. The standard InChI is InChI=1S/C7H9NO3/c1-11-6-2-5(4-9)7(10)8-3-6/h2-3,9H,4H2,1H3,(H,8,10). The highest BCUT2D eigenvalue weighted by molar-refractivity contribution is 5.31. The fourth-order valence-corrected chi connectivity index (χ4v) is 0.709. The summed E-state index contributed by atoms with van der Waals surface area (Å²) in [5, 5.41) is 17.7. The highest BCUT2D eigenvalue weighted by atomic mass is 16.5. The van der Waals surface area contributed by atoms with E-state index in [1.807, 2.05) is 0 Å². The molecule has 0 bridgehead atoms. The fraction of sp³-hybridized carbons (Fsp3) is 0.286. The Bertz CT molecular complexity index is 249. The summed E-state index contributed by atoms with van der Waals surface area (Å²) in [6.45, 7) is -0.240. The number of rotatable bonds is 2. The molecule has 0 atom stereocenters. The maximum Gasteiger partial charge on any atom is 0.216 e. The summed E-state index contributed by atoms with van der Waals surface area (Å²) in [4.78, 5) is 3.59. The lowest BCUT2D eigenvalue weighted by Crippen LogP contribution is -1.90. The van der Waals surface area contributed by atoms with E-state index >= 15 is 0 Å². The first-order valence-corrected chi connectivity index (χ1v) is 3.10. The third-order valence-electron chi connectivity index (χ3n) is 1.32. The van der Waals surface area contributed by atoms with Crippen molar-refractivity contribution in [1.82, 2.24) is 4.98 Å². The van der Waals surface area contributed by atoms with E-state index in [9.17, 15) is 0 Å². The van der Waals surface area contributed by atoms with Gasteiger partial charge in [0.2, 0.25) is 5.88 Å². The summed E-state index contributed by atoms with van der Waals surface area (Å²) >= 11 is 0. The number of pyridine rings is 1. The summed E-state index contributed by atoms with van der Waals surface area (Å²) in [6, 6.07) is 1.53. The molecule has 1 heterocycles. The van der Waals surface area contributed by atoms with Gasteiger partial charge in [0.05, 0.1) is 19.9 Å². The number of aliphatic hydroxyl groups is 1. The molecule has 0 saturated heterocycles. The lowest BCUT2D eigenvalue weighted by molar-refractivity contribution is 0.272. The second-order valence-electron chi connectivity index (χ2n) is 2.02. The van der Waals surface area contributed by atoms with Gasteiger partial charge < -0.3 is 14.9 Å². The van der Waals surface area contributed by atoms with Crippen molar-refractivity contribution >= 4 is 0 Å². The Kier molecular flexibility index (Phi) is 2.28. The molecule has 0 fully saturated rings. The maximum atomic E-state index is 9.00. The van der Waals surface area contributed by atoms with Crippen LogP contribution in [0, 0.1) is 0 Å². The van der Waals surface area contributed by atoms with Gasteiger partial charge in [-0.25, -0.2) is 4.98 Å². The van der Waals surface area contributed by atoms with Crippen molar-refractivity contribution in [1.29, 1.82) is 0 Å². The third-order valence-corrected chi connectivity index (χ3v) is 1.32. The van der Waals surface area contributed by atoms with Gasteiger partial charge in [-0.3, -0.25) is 0 Å². The molecule has 4 nitrogen and oxygen atoms in total. The zero-order chi connectivity index (χ0) is 8.27. The number of hydrogen-bond donors (Lipinski definition) is 2. The van der Waals surface area contributed by atoms with Crippen molar-refractivity contribution in [3.63, 3.8) is 0 Å². The molecule has 0 aliphatic heterocycles. The molecule has 0 radical (unpaired) electrons. The Morgan fingerprint density at radius 2 is 2.36 bits per heavy atom. The normalized spacial score (nSPS) is 9.64. The molecule has 0 saturated carbocycles. The monoisotopic (exact) mass is 155 g/mol. The molecule has 0 aliphatic carbocycles. The molecule has 0 aliphatic rings. The lowest BCUT2D eigenvalue weighted by atomic mass is 10.3. The highest BCUT2D eigenvalue weighted by Crippen LogP contribution is 2.18. The van der Waals surface area contributed by atoms with Crippen LogP contribution in [-0.4, -0.2) is 22.3 Å². The van der Waals surface area contributed by atoms with E-state index in [1.165, 1.54) is 19.4 Å². The van der Waals surface area contributed by atoms with E-state index in [1.54, 1.807) is 0 Å². The molecule has 2 N–H and O–H groups in total. The van der Waals surface area contributed by atoms with Crippen molar-refractivity contribution in [2.75, 3.05) is 7.11 Å². The van der Waals surface area contributed by atoms with Crippen LogP contribution in [-0.2, 0) is 6.61 Å². The molecule has 4 heteroatoms. The van der Waals surface area contributed by atoms with Crippen LogP contribution in [0.5, 0.6) is 11.6 Å². The highest BCUT2D eigenvalue weighted by Gasteiger charge is 2.01. The van der Waals surface area contributed by atoms with E-state index in [0.29, 0.717) is 11.3 Å². The molecular weight excluding hydrogens is 146 g/mol. The number of methoxy groups -OCH3 is 1. The van der Waals surface area contributed by atoms with E-state index < -0.39 is 0 Å². The Hall–Kier alpha value is -1.29. The van der Waals surface area contributed by atoms with Crippen molar-refractivity contribution in [2.45, 2.75) is 6.61 Å². The van der Waals surface area contributed by atoms with Gasteiger partial charge in [-0.05, 0) is 6.07 Å². The minimum atomic E-state index is -0.240. The predicted octanol–water partition coefficient (Wildman–Crippen LogP) is 0.288. The van der Waals surface area contributed by atoms with Gasteiger partial charge in [0.25, 0.3) is 0 Å². The zero-order valence-electron chi connectivity index (χ0n) is 6.11. The van der Waals surface area contributed by atoms with Crippen LogP contribution < -0.4 is 4.74 Å². The summed E-state index contributed by atoms with van der Waals surface area (Å²) in [7, 11) is 1.50. The summed E-state index contributed by atoms with van der Waals surface area (Å²) < 4.78 is 4.83. The van der Waals surface area contributed by atoms with Gasteiger partial charge in [-0.2, -0.15) is 0 Å². The molecular formula is C7H9NO3. The van der Waals surface area contributed by atoms with Crippen LogP contribution in [0.2, 0.25) is 0 Å². The van der Waals surface area contributed by atoms with Crippen molar-refractivity contribution in [3.8, 4) is 11.6 Å². The summed E-state index contributed by atoms with van der Waals surface area (Å²) in [6.07, 6.45) is 1.38. The first-order chi connectivity index (χ1) is 5.27. The molecule has 1 aromatic heterocycles. The Morgan fingerprint density at radius 1 is 1.64 bits per heavy atom. The number of hydrogen-bond acceptors (Lipinski definition) is 4. The summed E-state index contributed by atoms with van der Waals surface area (Å²) in [5.41, 5.74) is 0.365. The average molecular weight is 155 g/mol. The molecule has 0 amide bonds. The van der Waals surface area contributed by atoms with Gasteiger partial charge in [0, 0.05) is 5.56 Å². The van der Waals surface area contributed by atoms with Gasteiger partial charge in [0.15, 0.2) is 0 Å². The van der Waals surface area contributed by atoms with Gasteiger partial charge in [0.1, 0.15) is 5.75 Å². The number of aromatic nitrogens is 1. The molecule has 11 heavy (non-hydrogen) atoms. The molecule has 0 aromatic carbocycles. The largest absolute Gasteiger partial charge is 0.495 e. The van der Waals surface area contributed by atoms with Gasteiger partial charge in [-0.15, -0.1) is 0 Å². The topological polar surface area (TPSA) is 62.6 Å². The van der Waals surface area contributed by atoms with Crippen molar-refractivity contribution in [3.05, 3.63) is 17.8 Å². The molecule has 0 unspecified atom stereocenters.